The Morgan fingerprint density at radius 3 is 2.81 bits per heavy atom. The number of hydrogen-bond acceptors (Lipinski definition) is 2. The molecule has 5 heteroatoms. The van der Waals surface area contributed by atoms with Gasteiger partial charge in [-0.3, -0.25) is 4.79 Å². The largest absolute Gasteiger partial charge is 0.399 e. The first-order chi connectivity index (χ1) is 9.97. The van der Waals surface area contributed by atoms with Gasteiger partial charge in [-0.1, -0.05) is 28.1 Å². The number of nitrogens with two attached hydrogens (primary N) is 1. The van der Waals surface area contributed by atoms with Crippen molar-refractivity contribution in [2.45, 2.75) is 19.4 Å². The second-order valence-corrected chi connectivity index (χ2v) is 5.70. The van der Waals surface area contributed by atoms with Crippen molar-refractivity contribution in [2.75, 3.05) is 5.73 Å². The molecule has 3 N–H and O–H groups in total. The molecule has 0 aliphatic rings. The van der Waals surface area contributed by atoms with Crippen LogP contribution < -0.4 is 11.1 Å². The highest BCUT2D eigenvalue weighted by Gasteiger charge is 2.15. The van der Waals surface area contributed by atoms with Gasteiger partial charge in [-0.2, -0.15) is 0 Å². The van der Waals surface area contributed by atoms with Crippen molar-refractivity contribution in [1.82, 2.24) is 5.32 Å². The molecule has 0 fully saturated rings. The first-order valence-electron chi connectivity index (χ1n) is 6.54. The van der Waals surface area contributed by atoms with Crippen molar-refractivity contribution in [3.8, 4) is 0 Å². The SMILES string of the molecule is CC(C(=O)NCc1cc(F)ccc1Br)c1cccc(N)c1. The lowest BCUT2D eigenvalue weighted by Crippen LogP contribution is -2.27. The zero-order valence-electron chi connectivity index (χ0n) is 11.6. The van der Waals surface area contributed by atoms with Crippen molar-refractivity contribution < 1.29 is 9.18 Å². The van der Waals surface area contributed by atoms with E-state index in [-0.39, 0.29) is 24.2 Å². The van der Waals surface area contributed by atoms with Crippen molar-refractivity contribution in [3.63, 3.8) is 0 Å². The first-order valence-corrected chi connectivity index (χ1v) is 7.33. The lowest BCUT2D eigenvalue weighted by molar-refractivity contribution is -0.122. The summed E-state index contributed by atoms with van der Waals surface area (Å²) in [5.41, 5.74) is 7.89. The summed E-state index contributed by atoms with van der Waals surface area (Å²) >= 11 is 3.34. The molecule has 2 rings (SSSR count). The van der Waals surface area contributed by atoms with Crippen LogP contribution in [0.4, 0.5) is 10.1 Å². The van der Waals surface area contributed by atoms with Crippen LogP contribution >= 0.6 is 15.9 Å². The molecule has 0 aromatic heterocycles. The smallest absolute Gasteiger partial charge is 0.227 e. The van der Waals surface area contributed by atoms with Crippen molar-refractivity contribution >= 4 is 27.5 Å². The van der Waals surface area contributed by atoms with E-state index in [1.807, 2.05) is 19.1 Å². The number of carbonyl (C=O) groups excluding carboxylic acids is 1. The average Bonchev–Trinajstić information content (AvgIpc) is 2.47. The standard InChI is InChI=1S/C16H16BrFN2O/c1-10(11-3-2-4-14(19)8-11)16(21)20-9-12-7-13(18)5-6-15(12)17/h2-8,10H,9,19H2,1H3,(H,20,21). The Kier molecular flexibility index (Phi) is 4.96. The van der Waals surface area contributed by atoms with E-state index in [2.05, 4.69) is 21.2 Å². The zero-order valence-corrected chi connectivity index (χ0v) is 13.2. The Hall–Kier alpha value is -1.88. The molecule has 0 heterocycles. The van der Waals surface area contributed by atoms with E-state index in [9.17, 15) is 9.18 Å². The van der Waals surface area contributed by atoms with E-state index in [0.717, 1.165) is 10.0 Å². The molecule has 1 unspecified atom stereocenters. The summed E-state index contributed by atoms with van der Waals surface area (Å²) in [6.07, 6.45) is 0. The number of amides is 1. The first kappa shape index (κ1) is 15.5. The van der Waals surface area contributed by atoms with Crippen molar-refractivity contribution in [3.05, 3.63) is 63.9 Å². The summed E-state index contributed by atoms with van der Waals surface area (Å²) in [6, 6.07) is 11.6. The Bertz CT molecular complexity index is 660. The van der Waals surface area contributed by atoms with E-state index >= 15 is 0 Å². The Morgan fingerprint density at radius 1 is 1.33 bits per heavy atom. The maximum Gasteiger partial charge on any atom is 0.227 e. The maximum atomic E-state index is 13.2. The summed E-state index contributed by atoms with van der Waals surface area (Å²) in [6.45, 7) is 2.08. The van der Waals surface area contributed by atoms with Gasteiger partial charge in [0.25, 0.3) is 0 Å². The lowest BCUT2D eigenvalue weighted by Gasteiger charge is -2.14. The van der Waals surface area contributed by atoms with Gasteiger partial charge in [0, 0.05) is 16.7 Å². The van der Waals surface area contributed by atoms with Crippen LogP contribution in [0.1, 0.15) is 24.0 Å². The number of benzene rings is 2. The van der Waals surface area contributed by atoms with Crippen LogP contribution in [0.5, 0.6) is 0 Å². The number of carbonyl (C=O) groups is 1. The van der Waals surface area contributed by atoms with Gasteiger partial charge in [-0.25, -0.2) is 4.39 Å². The van der Waals surface area contributed by atoms with E-state index in [0.29, 0.717) is 11.3 Å². The zero-order chi connectivity index (χ0) is 15.4. The van der Waals surface area contributed by atoms with Gasteiger partial charge >= 0.3 is 0 Å². The number of anilines is 1. The third-order valence-corrected chi connectivity index (χ3v) is 4.04. The summed E-state index contributed by atoms with van der Waals surface area (Å²) in [4.78, 5) is 12.2. The Labute approximate surface area is 131 Å². The molecule has 2 aromatic carbocycles. The second kappa shape index (κ2) is 6.72. The molecule has 0 aliphatic heterocycles. The summed E-state index contributed by atoms with van der Waals surface area (Å²) in [7, 11) is 0. The summed E-state index contributed by atoms with van der Waals surface area (Å²) < 4.78 is 14.0. The third kappa shape index (κ3) is 4.04. The molecule has 3 nitrogen and oxygen atoms in total. The second-order valence-electron chi connectivity index (χ2n) is 4.85. The number of nitrogen functional groups attached to an aromatic ring is 1. The fraction of sp³-hybridized carbons (Fsp3) is 0.188. The molecule has 0 aliphatic carbocycles. The van der Waals surface area contributed by atoms with Gasteiger partial charge in [-0.05, 0) is 48.4 Å². The summed E-state index contributed by atoms with van der Waals surface area (Å²) in [5.74, 6) is -0.774. The van der Waals surface area contributed by atoms with Crippen LogP contribution in [0.15, 0.2) is 46.9 Å². The topological polar surface area (TPSA) is 55.1 Å². The molecule has 2 aromatic rings. The molecular formula is C16H16BrFN2O. The van der Waals surface area contributed by atoms with Crippen LogP contribution in [0.3, 0.4) is 0 Å². The molecule has 1 amide bonds. The van der Waals surface area contributed by atoms with Gasteiger partial charge in [0.2, 0.25) is 5.91 Å². The molecule has 110 valence electrons. The monoisotopic (exact) mass is 350 g/mol. The molecule has 21 heavy (non-hydrogen) atoms. The predicted molar refractivity (Wildman–Crippen MR) is 85.2 cm³/mol. The van der Waals surface area contributed by atoms with E-state index in [4.69, 9.17) is 5.73 Å². The number of rotatable bonds is 4. The molecule has 0 bridgehead atoms. The highest BCUT2D eigenvalue weighted by molar-refractivity contribution is 9.10. The van der Waals surface area contributed by atoms with Gasteiger partial charge < -0.3 is 11.1 Å². The maximum absolute atomic E-state index is 13.2. The number of halogens is 2. The fourth-order valence-corrected chi connectivity index (χ4v) is 2.38. The quantitative estimate of drug-likeness (QED) is 0.827. The van der Waals surface area contributed by atoms with Crippen LogP contribution in [0, 0.1) is 5.82 Å². The van der Waals surface area contributed by atoms with E-state index in [1.165, 1.54) is 12.1 Å². The molecule has 1 atom stereocenters. The van der Waals surface area contributed by atoms with Crippen LogP contribution in [0.25, 0.3) is 0 Å². The fourth-order valence-electron chi connectivity index (χ4n) is 1.99. The van der Waals surface area contributed by atoms with Gasteiger partial charge in [0.05, 0.1) is 5.92 Å². The van der Waals surface area contributed by atoms with Crippen LogP contribution in [-0.4, -0.2) is 5.91 Å². The third-order valence-electron chi connectivity index (χ3n) is 3.26. The highest BCUT2D eigenvalue weighted by atomic mass is 79.9. The predicted octanol–water partition coefficient (Wildman–Crippen LogP) is 3.59. The molecule has 0 saturated carbocycles. The van der Waals surface area contributed by atoms with Crippen LogP contribution in [0.2, 0.25) is 0 Å². The minimum absolute atomic E-state index is 0.128. The number of hydrogen-bond donors (Lipinski definition) is 2. The Balaban J connectivity index is 2.03. The lowest BCUT2D eigenvalue weighted by atomic mass is 10.00. The summed E-state index contributed by atoms with van der Waals surface area (Å²) in [5, 5.41) is 2.81. The van der Waals surface area contributed by atoms with Gasteiger partial charge in [0.15, 0.2) is 0 Å². The minimum atomic E-state index is -0.327. The Morgan fingerprint density at radius 2 is 2.10 bits per heavy atom. The normalized spacial score (nSPS) is 12.0. The van der Waals surface area contributed by atoms with Crippen LogP contribution in [-0.2, 0) is 11.3 Å². The number of nitrogens with one attached hydrogen (secondary N) is 1. The molecule has 0 radical (unpaired) electrons. The highest BCUT2D eigenvalue weighted by Crippen LogP contribution is 2.20. The molecule has 0 spiro atoms. The molecule has 0 saturated heterocycles. The molecular weight excluding hydrogens is 335 g/mol. The van der Waals surface area contributed by atoms with E-state index < -0.39 is 0 Å². The van der Waals surface area contributed by atoms with Gasteiger partial charge in [0.1, 0.15) is 5.82 Å². The average molecular weight is 351 g/mol. The van der Waals surface area contributed by atoms with Crippen molar-refractivity contribution in [1.29, 1.82) is 0 Å². The van der Waals surface area contributed by atoms with Crippen molar-refractivity contribution in [2.24, 2.45) is 0 Å². The minimum Gasteiger partial charge on any atom is -0.399 e. The van der Waals surface area contributed by atoms with E-state index in [1.54, 1.807) is 18.2 Å². The van der Waals surface area contributed by atoms with Gasteiger partial charge in [-0.15, -0.1) is 0 Å².